The minimum Gasteiger partial charge on any atom is -0.486 e. The summed E-state index contributed by atoms with van der Waals surface area (Å²) in [7, 11) is 0. The highest BCUT2D eigenvalue weighted by atomic mass is 19.4. The summed E-state index contributed by atoms with van der Waals surface area (Å²) < 4.78 is 51.4. The number of amides is 1. The molecule has 0 fully saturated rings. The molecule has 0 spiro atoms. The molecule has 3 rings (SSSR count). The maximum Gasteiger partial charge on any atom is 0.573 e. The molecule has 8 heteroatoms. The van der Waals surface area contributed by atoms with Crippen molar-refractivity contribution in [2.24, 2.45) is 0 Å². The van der Waals surface area contributed by atoms with Crippen LogP contribution in [0.25, 0.3) is 0 Å². The number of carbonyl (C=O) groups excluding carboxylic acids is 1. The molecule has 1 aliphatic rings. The van der Waals surface area contributed by atoms with Crippen molar-refractivity contribution >= 4 is 5.91 Å². The molecule has 1 N–H and O–H groups in total. The highest BCUT2D eigenvalue weighted by molar-refractivity contribution is 5.78. The van der Waals surface area contributed by atoms with Gasteiger partial charge in [0.05, 0.1) is 13.0 Å². The molecule has 0 aromatic heterocycles. The molecular weight excluding hydrogens is 351 g/mol. The van der Waals surface area contributed by atoms with E-state index in [1.165, 1.54) is 24.3 Å². The van der Waals surface area contributed by atoms with Gasteiger partial charge in [0.25, 0.3) is 0 Å². The van der Waals surface area contributed by atoms with Gasteiger partial charge >= 0.3 is 6.36 Å². The van der Waals surface area contributed by atoms with Crippen molar-refractivity contribution < 1.29 is 32.2 Å². The molecule has 1 aliphatic heterocycles. The Balaban J connectivity index is 1.46. The van der Waals surface area contributed by atoms with E-state index in [0.29, 0.717) is 23.7 Å². The van der Waals surface area contributed by atoms with Gasteiger partial charge in [-0.2, -0.15) is 0 Å². The third-order valence-corrected chi connectivity index (χ3v) is 3.62. The Hall–Kier alpha value is -2.90. The van der Waals surface area contributed by atoms with Gasteiger partial charge in [0, 0.05) is 0 Å². The van der Waals surface area contributed by atoms with Gasteiger partial charge in [0.1, 0.15) is 18.5 Å². The Kier molecular flexibility index (Phi) is 5.20. The monoisotopic (exact) mass is 367 g/mol. The molecule has 0 aliphatic carbocycles. The lowest BCUT2D eigenvalue weighted by molar-refractivity contribution is -0.274. The standard InChI is InChI=1S/C18H16F3NO4/c19-18(20,21)26-13-7-5-12(6-8-13)9-17(23)22-10-14-11-24-15-3-1-2-4-16(15)25-14/h1-8,14H,9-11H2,(H,22,23). The van der Waals surface area contributed by atoms with Crippen molar-refractivity contribution in [3.05, 3.63) is 54.1 Å². The second-order valence-electron chi connectivity index (χ2n) is 5.67. The van der Waals surface area contributed by atoms with Gasteiger partial charge < -0.3 is 19.5 Å². The fourth-order valence-corrected chi connectivity index (χ4v) is 2.45. The third kappa shape index (κ3) is 5.05. The number of alkyl halides is 3. The maximum absolute atomic E-state index is 12.1. The minimum atomic E-state index is -4.74. The van der Waals surface area contributed by atoms with Crippen LogP contribution in [-0.4, -0.2) is 31.5 Å². The summed E-state index contributed by atoms with van der Waals surface area (Å²) in [6.07, 6.45) is -5.01. The lowest BCUT2D eigenvalue weighted by Crippen LogP contribution is -2.41. The molecule has 2 aromatic carbocycles. The number of hydrogen-bond donors (Lipinski definition) is 1. The van der Waals surface area contributed by atoms with Crippen LogP contribution in [0.2, 0.25) is 0 Å². The van der Waals surface area contributed by atoms with Crippen LogP contribution in [0.5, 0.6) is 17.2 Å². The van der Waals surface area contributed by atoms with Crippen molar-refractivity contribution in [2.45, 2.75) is 18.9 Å². The maximum atomic E-state index is 12.1. The zero-order valence-electron chi connectivity index (χ0n) is 13.6. The van der Waals surface area contributed by atoms with Gasteiger partial charge in [-0.1, -0.05) is 24.3 Å². The number of benzene rings is 2. The van der Waals surface area contributed by atoms with Crippen molar-refractivity contribution in [1.82, 2.24) is 5.32 Å². The molecular formula is C18H16F3NO4. The average Bonchev–Trinajstić information content (AvgIpc) is 2.60. The normalized spacial score (nSPS) is 16.0. The van der Waals surface area contributed by atoms with Crippen LogP contribution in [0, 0.1) is 0 Å². The minimum absolute atomic E-state index is 0.0382. The Bertz CT molecular complexity index is 762. The van der Waals surface area contributed by atoms with Crippen molar-refractivity contribution in [2.75, 3.05) is 13.2 Å². The van der Waals surface area contributed by atoms with E-state index in [-0.39, 0.29) is 30.7 Å². The van der Waals surface area contributed by atoms with E-state index in [0.717, 1.165) is 0 Å². The second-order valence-corrected chi connectivity index (χ2v) is 5.67. The first-order valence-corrected chi connectivity index (χ1v) is 7.89. The SMILES string of the molecule is O=C(Cc1ccc(OC(F)(F)F)cc1)NCC1COc2ccccc2O1. The zero-order valence-corrected chi connectivity index (χ0v) is 13.6. The van der Waals surface area contributed by atoms with Crippen LogP contribution in [0.15, 0.2) is 48.5 Å². The lowest BCUT2D eigenvalue weighted by Gasteiger charge is -2.26. The number of rotatable bonds is 5. The molecule has 1 heterocycles. The molecule has 0 saturated heterocycles. The van der Waals surface area contributed by atoms with Crippen LogP contribution in [0.4, 0.5) is 13.2 Å². The molecule has 1 amide bonds. The first-order valence-electron chi connectivity index (χ1n) is 7.89. The Morgan fingerprint density at radius 3 is 2.50 bits per heavy atom. The first-order chi connectivity index (χ1) is 12.4. The number of halogens is 3. The molecule has 1 unspecified atom stereocenters. The van der Waals surface area contributed by atoms with E-state index in [2.05, 4.69) is 10.1 Å². The summed E-state index contributed by atoms with van der Waals surface area (Å²) in [5.41, 5.74) is 0.572. The quantitative estimate of drug-likeness (QED) is 0.883. The summed E-state index contributed by atoms with van der Waals surface area (Å²) in [4.78, 5) is 12.0. The van der Waals surface area contributed by atoms with Crippen LogP contribution in [0.1, 0.15) is 5.56 Å². The van der Waals surface area contributed by atoms with Gasteiger partial charge in [-0.05, 0) is 29.8 Å². The topological polar surface area (TPSA) is 56.8 Å². The van der Waals surface area contributed by atoms with E-state index in [1.54, 1.807) is 12.1 Å². The number of fused-ring (bicyclic) bond motifs is 1. The fraction of sp³-hybridized carbons (Fsp3) is 0.278. The van der Waals surface area contributed by atoms with Crippen LogP contribution >= 0.6 is 0 Å². The average molecular weight is 367 g/mol. The molecule has 0 saturated carbocycles. The number of para-hydroxylation sites is 2. The molecule has 138 valence electrons. The summed E-state index contributed by atoms with van der Waals surface area (Å²) in [6, 6.07) is 12.4. The van der Waals surface area contributed by atoms with Crippen molar-refractivity contribution in [3.8, 4) is 17.2 Å². The number of ether oxygens (including phenoxy) is 3. The molecule has 0 bridgehead atoms. The molecule has 5 nitrogen and oxygen atoms in total. The van der Waals surface area contributed by atoms with Gasteiger partial charge in [-0.15, -0.1) is 13.2 Å². The third-order valence-electron chi connectivity index (χ3n) is 3.62. The van der Waals surface area contributed by atoms with Gasteiger partial charge in [-0.3, -0.25) is 4.79 Å². The number of hydrogen-bond acceptors (Lipinski definition) is 4. The van der Waals surface area contributed by atoms with Crippen molar-refractivity contribution in [3.63, 3.8) is 0 Å². The smallest absolute Gasteiger partial charge is 0.486 e. The second kappa shape index (κ2) is 7.55. The van der Waals surface area contributed by atoms with E-state index >= 15 is 0 Å². The fourth-order valence-electron chi connectivity index (χ4n) is 2.45. The Morgan fingerprint density at radius 2 is 1.81 bits per heavy atom. The van der Waals surface area contributed by atoms with E-state index < -0.39 is 6.36 Å². The lowest BCUT2D eigenvalue weighted by atomic mass is 10.1. The molecule has 1 atom stereocenters. The van der Waals surface area contributed by atoms with Crippen LogP contribution in [-0.2, 0) is 11.2 Å². The van der Waals surface area contributed by atoms with Gasteiger partial charge in [0.2, 0.25) is 5.91 Å². The van der Waals surface area contributed by atoms with Gasteiger partial charge in [-0.25, -0.2) is 0 Å². The largest absolute Gasteiger partial charge is 0.573 e. The van der Waals surface area contributed by atoms with Crippen molar-refractivity contribution in [1.29, 1.82) is 0 Å². The zero-order chi connectivity index (χ0) is 18.6. The van der Waals surface area contributed by atoms with E-state index in [1.807, 2.05) is 12.1 Å². The number of nitrogens with one attached hydrogen (secondary N) is 1. The summed E-state index contributed by atoms with van der Waals surface area (Å²) >= 11 is 0. The van der Waals surface area contributed by atoms with Crippen LogP contribution < -0.4 is 19.5 Å². The Morgan fingerprint density at radius 1 is 1.12 bits per heavy atom. The highest BCUT2D eigenvalue weighted by Gasteiger charge is 2.31. The Labute approximate surface area is 147 Å². The number of carbonyl (C=O) groups is 1. The van der Waals surface area contributed by atoms with E-state index in [9.17, 15) is 18.0 Å². The van der Waals surface area contributed by atoms with Gasteiger partial charge in [0.15, 0.2) is 11.5 Å². The summed E-state index contributed by atoms with van der Waals surface area (Å²) in [5, 5.41) is 2.73. The summed E-state index contributed by atoms with van der Waals surface area (Å²) in [6.45, 7) is 0.587. The first kappa shape index (κ1) is 17.9. The van der Waals surface area contributed by atoms with Crippen LogP contribution in [0.3, 0.4) is 0 Å². The molecule has 0 radical (unpaired) electrons. The molecule has 26 heavy (non-hydrogen) atoms. The summed E-state index contributed by atoms with van der Waals surface area (Å²) in [5.74, 6) is 0.694. The predicted octanol–water partition coefficient (Wildman–Crippen LogP) is 3.08. The van der Waals surface area contributed by atoms with E-state index in [4.69, 9.17) is 9.47 Å². The predicted molar refractivity (Wildman–Crippen MR) is 86.2 cm³/mol. The highest BCUT2D eigenvalue weighted by Crippen LogP contribution is 2.30. The molecule has 2 aromatic rings.